The van der Waals surface area contributed by atoms with E-state index in [2.05, 4.69) is 19.1 Å². The third kappa shape index (κ3) is 3.27. The van der Waals surface area contributed by atoms with E-state index in [0.717, 1.165) is 25.8 Å². The number of halogens is 1. The van der Waals surface area contributed by atoms with E-state index in [1.807, 2.05) is 0 Å². The number of carbonyl (C=O) groups excluding carboxylic acids is 1. The molecule has 0 aromatic heterocycles. The van der Waals surface area contributed by atoms with E-state index in [9.17, 15) is 4.79 Å². The molecule has 0 heterocycles. The molecule has 1 unspecified atom stereocenters. The maximum atomic E-state index is 11.0. The van der Waals surface area contributed by atoms with Crippen LogP contribution in [0.1, 0.15) is 26.2 Å². The summed E-state index contributed by atoms with van der Waals surface area (Å²) in [7, 11) is 0. The zero-order valence-corrected chi connectivity index (χ0v) is 8.72. The highest BCUT2D eigenvalue weighted by atomic mass is 35.5. The van der Waals surface area contributed by atoms with Crippen molar-refractivity contribution >= 4 is 18.4 Å². The molecule has 3 nitrogen and oxygen atoms in total. The molecule has 0 aromatic rings. The number of nitrogens with two attached hydrogens (primary N) is 1. The first-order valence-corrected chi connectivity index (χ1v) is 4.48. The monoisotopic (exact) mass is 204 g/mol. The number of hydrogen-bond donors (Lipinski definition) is 1. The first kappa shape index (κ1) is 12.3. The number of allylic oxidation sites excluding steroid dienone is 1. The number of hydrogen-bond acceptors (Lipinski definition) is 1. The van der Waals surface area contributed by atoms with Crippen molar-refractivity contribution in [3.8, 4) is 0 Å². The summed E-state index contributed by atoms with van der Waals surface area (Å²) < 4.78 is 0. The van der Waals surface area contributed by atoms with E-state index in [0.29, 0.717) is 0 Å². The van der Waals surface area contributed by atoms with Crippen LogP contribution in [0.4, 0.5) is 4.79 Å². The van der Waals surface area contributed by atoms with Gasteiger partial charge in [-0.3, -0.25) is 0 Å². The molecule has 0 radical (unpaired) electrons. The lowest BCUT2D eigenvalue weighted by Crippen LogP contribution is -2.42. The van der Waals surface area contributed by atoms with Gasteiger partial charge >= 0.3 is 6.03 Å². The summed E-state index contributed by atoms with van der Waals surface area (Å²) in [6.07, 6.45) is 7.24. The number of amides is 2. The maximum absolute atomic E-state index is 11.0. The summed E-state index contributed by atoms with van der Waals surface area (Å²) in [6.45, 7) is 2.82. The highest BCUT2D eigenvalue weighted by molar-refractivity contribution is 5.85. The van der Waals surface area contributed by atoms with Crippen LogP contribution < -0.4 is 5.73 Å². The summed E-state index contributed by atoms with van der Waals surface area (Å²) in [5.41, 5.74) is 5.26. The number of nitrogens with zero attached hydrogens (tertiary/aromatic N) is 1. The van der Waals surface area contributed by atoms with E-state index < -0.39 is 0 Å². The summed E-state index contributed by atoms with van der Waals surface area (Å²) in [5.74, 6) is 0. The third-order valence-corrected chi connectivity index (χ3v) is 2.14. The van der Waals surface area contributed by atoms with Gasteiger partial charge in [-0.15, -0.1) is 12.4 Å². The van der Waals surface area contributed by atoms with Crippen molar-refractivity contribution in [2.24, 2.45) is 5.73 Å². The van der Waals surface area contributed by atoms with Gasteiger partial charge in [-0.1, -0.05) is 19.1 Å². The molecule has 0 spiro atoms. The van der Waals surface area contributed by atoms with Crippen molar-refractivity contribution in [1.82, 2.24) is 4.90 Å². The Hall–Kier alpha value is -0.700. The summed E-state index contributed by atoms with van der Waals surface area (Å²) in [5, 5.41) is 0. The minimum absolute atomic E-state index is 0. The van der Waals surface area contributed by atoms with Crippen molar-refractivity contribution in [2.75, 3.05) is 6.54 Å². The SMILES string of the molecule is CCCN(C(N)=O)C1C=CCC1.Cl. The maximum Gasteiger partial charge on any atom is 0.315 e. The molecule has 0 saturated carbocycles. The average molecular weight is 205 g/mol. The Bertz CT molecular complexity index is 194. The first-order valence-electron chi connectivity index (χ1n) is 4.48. The second-order valence-electron chi connectivity index (χ2n) is 3.10. The number of primary amides is 1. The average Bonchev–Trinajstić information content (AvgIpc) is 2.51. The number of carbonyl (C=O) groups is 1. The third-order valence-electron chi connectivity index (χ3n) is 2.14. The van der Waals surface area contributed by atoms with E-state index in [1.54, 1.807) is 4.90 Å². The summed E-state index contributed by atoms with van der Waals surface area (Å²) in [6, 6.07) is -0.0455. The molecular weight excluding hydrogens is 188 g/mol. The van der Waals surface area contributed by atoms with Gasteiger partial charge in [0.1, 0.15) is 0 Å². The fourth-order valence-electron chi connectivity index (χ4n) is 1.56. The van der Waals surface area contributed by atoms with Crippen molar-refractivity contribution < 1.29 is 4.79 Å². The van der Waals surface area contributed by atoms with Gasteiger partial charge in [-0.25, -0.2) is 4.79 Å². The molecule has 0 bridgehead atoms. The molecule has 2 N–H and O–H groups in total. The molecule has 0 aliphatic heterocycles. The predicted molar refractivity (Wildman–Crippen MR) is 56.0 cm³/mol. The summed E-state index contributed by atoms with van der Waals surface area (Å²) >= 11 is 0. The molecule has 0 saturated heterocycles. The Morgan fingerprint density at radius 2 is 2.38 bits per heavy atom. The van der Waals surface area contributed by atoms with Crippen LogP contribution in [0.5, 0.6) is 0 Å². The quantitative estimate of drug-likeness (QED) is 0.702. The normalized spacial score (nSPS) is 19.6. The minimum atomic E-state index is -0.298. The first-order chi connectivity index (χ1) is 5.75. The topological polar surface area (TPSA) is 46.3 Å². The van der Waals surface area contributed by atoms with E-state index in [-0.39, 0.29) is 24.5 Å². The Morgan fingerprint density at radius 1 is 1.69 bits per heavy atom. The fraction of sp³-hybridized carbons (Fsp3) is 0.667. The van der Waals surface area contributed by atoms with Gasteiger partial charge in [0.25, 0.3) is 0 Å². The van der Waals surface area contributed by atoms with E-state index in [1.165, 1.54) is 0 Å². The van der Waals surface area contributed by atoms with Crippen LogP contribution in [0.2, 0.25) is 0 Å². The zero-order valence-electron chi connectivity index (χ0n) is 7.90. The molecular formula is C9H17ClN2O. The molecule has 1 rings (SSSR count). The summed E-state index contributed by atoms with van der Waals surface area (Å²) in [4.78, 5) is 12.7. The largest absolute Gasteiger partial charge is 0.351 e. The molecule has 0 aromatic carbocycles. The van der Waals surface area contributed by atoms with E-state index >= 15 is 0 Å². The van der Waals surface area contributed by atoms with Gasteiger partial charge in [0, 0.05) is 6.54 Å². The van der Waals surface area contributed by atoms with Crippen LogP contribution in [0.25, 0.3) is 0 Å². The smallest absolute Gasteiger partial charge is 0.315 e. The Kier molecular flexibility index (Phi) is 5.55. The van der Waals surface area contributed by atoms with Crippen molar-refractivity contribution in [1.29, 1.82) is 0 Å². The molecule has 2 amide bonds. The van der Waals surface area contributed by atoms with Gasteiger partial charge in [0.2, 0.25) is 0 Å². The molecule has 13 heavy (non-hydrogen) atoms. The van der Waals surface area contributed by atoms with Gasteiger partial charge in [0.05, 0.1) is 6.04 Å². The highest BCUT2D eigenvalue weighted by Crippen LogP contribution is 2.16. The van der Waals surface area contributed by atoms with Gasteiger partial charge in [0.15, 0.2) is 0 Å². The van der Waals surface area contributed by atoms with Crippen LogP contribution in [0.3, 0.4) is 0 Å². The Balaban J connectivity index is 0.00000144. The molecule has 76 valence electrons. The number of urea groups is 1. The van der Waals surface area contributed by atoms with Crippen LogP contribution in [0, 0.1) is 0 Å². The Morgan fingerprint density at radius 3 is 2.77 bits per heavy atom. The van der Waals surface area contributed by atoms with Crippen molar-refractivity contribution in [3.63, 3.8) is 0 Å². The van der Waals surface area contributed by atoms with Crippen LogP contribution in [-0.4, -0.2) is 23.5 Å². The molecule has 1 atom stereocenters. The van der Waals surface area contributed by atoms with Crippen LogP contribution >= 0.6 is 12.4 Å². The molecule has 0 fully saturated rings. The zero-order chi connectivity index (χ0) is 8.97. The Labute approximate surface area is 85.4 Å². The van der Waals surface area contributed by atoms with Gasteiger partial charge in [-0.05, 0) is 19.3 Å². The molecule has 1 aliphatic carbocycles. The second-order valence-corrected chi connectivity index (χ2v) is 3.10. The van der Waals surface area contributed by atoms with Gasteiger partial charge < -0.3 is 10.6 Å². The van der Waals surface area contributed by atoms with Crippen molar-refractivity contribution in [3.05, 3.63) is 12.2 Å². The lowest BCUT2D eigenvalue weighted by molar-refractivity contribution is 0.194. The van der Waals surface area contributed by atoms with Gasteiger partial charge in [-0.2, -0.15) is 0 Å². The predicted octanol–water partition coefficient (Wildman–Crippen LogP) is 1.92. The fourth-order valence-corrected chi connectivity index (χ4v) is 1.56. The molecule has 4 heteroatoms. The standard InChI is InChI=1S/C9H16N2O.ClH/c1-2-7-11(9(10)12)8-5-3-4-6-8;/h3,5,8H,2,4,6-7H2,1H3,(H2,10,12);1H. The lowest BCUT2D eigenvalue weighted by Gasteiger charge is -2.25. The van der Waals surface area contributed by atoms with Crippen molar-refractivity contribution in [2.45, 2.75) is 32.2 Å². The second kappa shape index (κ2) is 5.86. The minimum Gasteiger partial charge on any atom is -0.351 e. The van der Waals surface area contributed by atoms with Crippen LogP contribution in [0.15, 0.2) is 12.2 Å². The lowest BCUT2D eigenvalue weighted by atomic mass is 10.2. The van der Waals surface area contributed by atoms with E-state index in [4.69, 9.17) is 5.73 Å². The molecule has 1 aliphatic rings. The highest BCUT2D eigenvalue weighted by Gasteiger charge is 2.20. The number of rotatable bonds is 3. The van der Waals surface area contributed by atoms with Crippen LogP contribution in [-0.2, 0) is 0 Å².